The third kappa shape index (κ3) is 4.57. The highest BCUT2D eigenvalue weighted by Gasteiger charge is 2.19. The van der Waals surface area contributed by atoms with E-state index in [-0.39, 0.29) is 5.56 Å². The molecule has 3 rings (SSSR count). The van der Waals surface area contributed by atoms with Crippen LogP contribution in [0.4, 0.5) is 18.9 Å². The molecule has 1 fully saturated rings. The smallest absolute Gasteiger partial charge is 0.185 e. The summed E-state index contributed by atoms with van der Waals surface area (Å²) in [6.07, 6.45) is 2.60. The van der Waals surface area contributed by atoms with Crippen LogP contribution in [-0.2, 0) is 0 Å². The van der Waals surface area contributed by atoms with Crippen LogP contribution in [0.1, 0.15) is 22.8 Å². The zero-order valence-corrected chi connectivity index (χ0v) is 15.1. The molecule has 0 aromatic heterocycles. The number of piperazine rings is 1. The quantitative estimate of drug-likeness (QED) is 0.581. The van der Waals surface area contributed by atoms with Gasteiger partial charge >= 0.3 is 0 Å². The van der Waals surface area contributed by atoms with Crippen LogP contribution in [0.3, 0.4) is 0 Å². The van der Waals surface area contributed by atoms with Crippen LogP contribution >= 0.6 is 0 Å². The standard InChI is InChI=1S/C21H21F3N2O/c1-2-25-9-11-26(12-10-25)20-7-5-16(14-19(20)24)21(27)8-4-15-3-6-17(22)18(23)13-15/h3-8,13-14H,2,9-12H2,1H3/b8-4+. The van der Waals surface area contributed by atoms with E-state index in [1.807, 2.05) is 4.90 Å². The van der Waals surface area contributed by atoms with Crippen molar-refractivity contribution in [3.05, 3.63) is 71.1 Å². The molecule has 0 N–H and O–H groups in total. The summed E-state index contributed by atoms with van der Waals surface area (Å²) in [5.41, 5.74) is 1.06. The average molecular weight is 374 g/mol. The molecule has 1 heterocycles. The Labute approximate surface area is 156 Å². The number of nitrogens with zero attached hydrogens (tertiary/aromatic N) is 2. The Morgan fingerprint density at radius 3 is 2.33 bits per heavy atom. The molecule has 0 amide bonds. The summed E-state index contributed by atoms with van der Waals surface area (Å²) in [7, 11) is 0. The maximum absolute atomic E-state index is 14.5. The highest BCUT2D eigenvalue weighted by atomic mass is 19.2. The van der Waals surface area contributed by atoms with Gasteiger partial charge in [0.05, 0.1) is 5.69 Å². The Balaban J connectivity index is 1.70. The van der Waals surface area contributed by atoms with Gasteiger partial charge in [-0.25, -0.2) is 13.2 Å². The van der Waals surface area contributed by atoms with Crippen molar-refractivity contribution in [3.8, 4) is 0 Å². The van der Waals surface area contributed by atoms with Crippen LogP contribution in [0, 0.1) is 17.5 Å². The molecule has 2 aromatic carbocycles. The van der Waals surface area contributed by atoms with Crippen LogP contribution < -0.4 is 4.90 Å². The van der Waals surface area contributed by atoms with E-state index in [1.54, 1.807) is 12.1 Å². The predicted octanol–water partition coefficient (Wildman–Crippen LogP) is 4.14. The number of carbonyl (C=O) groups excluding carboxylic acids is 1. The normalized spacial score (nSPS) is 15.5. The summed E-state index contributed by atoms with van der Waals surface area (Å²) < 4.78 is 40.6. The Bertz CT molecular complexity index is 859. The summed E-state index contributed by atoms with van der Waals surface area (Å²) in [4.78, 5) is 16.5. The van der Waals surface area contributed by atoms with Crippen molar-refractivity contribution in [2.24, 2.45) is 0 Å². The fourth-order valence-electron chi connectivity index (χ4n) is 3.11. The van der Waals surface area contributed by atoms with E-state index < -0.39 is 23.2 Å². The van der Waals surface area contributed by atoms with Gasteiger partial charge < -0.3 is 9.80 Å². The fourth-order valence-corrected chi connectivity index (χ4v) is 3.11. The Hall–Kier alpha value is -2.60. The minimum atomic E-state index is -0.983. The molecule has 27 heavy (non-hydrogen) atoms. The van der Waals surface area contributed by atoms with Crippen molar-refractivity contribution in [3.63, 3.8) is 0 Å². The van der Waals surface area contributed by atoms with E-state index in [0.717, 1.165) is 44.9 Å². The molecule has 0 spiro atoms. The van der Waals surface area contributed by atoms with Gasteiger partial charge in [0.15, 0.2) is 17.4 Å². The maximum atomic E-state index is 14.5. The van der Waals surface area contributed by atoms with Gasteiger partial charge in [-0.1, -0.05) is 19.1 Å². The van der Waals surface area contributed by atoms with E-state index >= 15 is 0 Å². The number of carbonyl (C=O) groups is 1. The summed E-state index contributed by atoms with van der Waals surface area (Å²) in [6, 6.07) is 7.78. The van der Waals surface area contributed by atoms with Crippen molar-refractivity contribution in [2.45, 2.75) is 6.92 Å². The summed E-state index contributed by atoms with van der Waals surface area (Å²) in [5, 5.41) is 0. The number of ketones is 1. The SMILES string of the molecule is CCN1CCN(c2ccc(C(=O)/C=C/c3ccc(F)c(F)c3)cc2F)CC1. The molecule has 2 aromatic rings. The minimum absolute atomic E-state index is 0.210. The molecule has 0 aliphatic carbocycles. The molecule has 1 saturated heterocycles. The van der Waals surface area contributed by atoms with Crippen molar-refractivity contribution < 1.29 is 18.0 Å². The zero-order valence-electron chi connectivity index (χ0n) is 15.1. The number of hydrogen-bond donors (Lipinski definition) is 0. The third-order valence-electron chi connectivity index (χ3n) is 4.76. The number of likely N-dealkylation sites (N-methyl/N-ethyl adjacent to an activating group) is 1. The third-order valence-corrected chi connectivity index (χ3v) is 4.76. The van der Waals surface area contributed by atoms with E-state index in [9.17, 15) is 18.0 Å². The highest BCUT2D eigenvalue weighted by molar-refractivity contribution is 6.07. The second kappa shape index (κ2) is 8.39. The van der Waals surface area contributed by atoms with Gasteiger partial charge in [0, 0.05) is 31.7 Å². The molecule has 0 radical (unpaired) electrons. The molecule has 142 valence electrons. The Morgan fingerprint density at radius 2 is 1.70 bits per heavy atom. The number of rotatable bonds is 5. The number of hydrogen-bond acceptors (Lipinski definition) is 3. The van der Waals surface area contributed by atoms with Crippen LogP contribution in [0.2, 0.25) is 0 Å². The van der Waals surface area contributed by atoms with Gasteiger partial charge in [0.2, 0.25) is 0 Å². The minimum Gasteiger partial charge on any atom is -0.367 e. The van der Waals surface area contributed by atoms with Gasteiger partial charge in [-0.15, -0.1) is 0 Å². The summed E-state index contributed by atoms with van der Waals surface area (Å²) in [5.74, 6) is -2.77. The van der Waals surface area contributed by atoms with E-state index in [0.29, 0.717) is 11.3 Å². The topological polar surface area (TPSA) is 23.6 Å². The van der Waals surface area contributed by atoms with Crippen LogP contribution in [0.5, 0.6) is 0 Å². The molecule has 0 unspecified atom stereocenters. The lowest BCUT2D eigenvalue weighted by Crippen LogP contribution is -2.46. The van der Waals surface area contributed by atoms with Gasteiger partial charge in [0.1, 0.15) is 5.82 Å². The van der Waals surface area contributed by atoms with Gasteiger partial charge in [0.25, 0.3) is 0 Å². The first kappa shape index (κ1) is 19.2. The lowest BCUT2D eigenvalue weighted by Gasteiger charge is -2.35. The molecule has 3 nitrogen and oxygen atoms in total. The monoisotopic (exact) mass is 374 g/mol. The number of halogens is 3. The largest absolute Gasteiger partial charge is 0.367 e. The molecule has 6 heteroatoms. The summed E-state index contributed by atoms with van der Waals surface area (Å²) >= 11 is 0. The van der Waals surface area contributed by atoms with Crippen LogP contribution in [0.15, 0.2) is 42.5 Å². The van der Waals surface area contributed by atoms with Gasteiger partial charge in [-0.2, -0.15) is 0 Å². The van der Waals surface area contributed by atoms with Gasteiger partial charge in [-0.3, -0.25) is 4.79 Å². The molecule has 1 aliphatic heterocycles. The van der Waals surface area contributed by atoms with Crippen molar-refractivity contribution >= 4 is 17.5 Å². The predicted molar refractivity (Wildman–Crippen MR) is 100 cm³/mol. The zero-order chi connectivity index (χ0) is 19.4. The van der Waals surface area contributed by atoms with Crippen LogP contribution in [0.25, 0.3) is 6.08 Å². The number of anilines is 1. The first-order chi connectivity index (χ1) is 13.0. The Morgan fingerprint density at radius 1 is 0.963 bits per heavy atom. The lowest BCUT2D eigenvalue weighted by molar-refractivity contribution is 0.104. The first-order valence-corrected chi connectivity index (χ1v) is 8.92. The highest BCUT2D eigenvalue weighted by Crippen LogP contribution is 2.22. The Kier molecular flexibility index (Phi) is 5.96. The number of allylic oxidation sites excluding steroid dienone is 1. The number of benzene rings is 2. The van der Waals surface area contributed by atoms with Crippen molar-refractivity contribution in [1.82, 2.24) is 4.90 Å². The van der Waals surface area contributed by atoms with E-state index in [1.165, 1.54) is 24.3 Å². The first-order valence-electron chi connectivity index (χ1n) is 8.92. The van der Waals surface area contributed by atoms with Crippen LogP contribution in [-0.4, -0.2) is 43.4 Å². The molecule has 1 aliphatic rings. The second-order valence-electron chi connectivity index (χ2n) is 6.46. The second-order valence-corrected chi connectivity index (χ2v) is 6.46. The molecule has 0 atom stereocenters. The molecular weight excluding hydrogens is 353 g/mol. The molecular formula is C21H21F3N2O. The fraction of sp³-hybridized carbons (Fsp3) is 0.286. The lowest BCUT2D eigenvalue weighted by atomic mass is 10.1. The molecule has 0 saturated carbocycles. The summed E-state index contributed by atoms with van der Waals surface area (Å²) in [6.45, 7) is 6.34. The maximum Gasteiger partial charge on any atom is 0.185 e. The molecule has 0 bridgehead atoms. The van der Waals surface area contributed by atoms with E-state index in [4.69, 9.17) is 0 Å². The van der Waals surface area contributed by atoms with Crippen molar-refractivity contribution in [2.75, 3.05) is 37.6 Å². The average Bonchev–Trinajstić information content (AvgIpc) is 2.68. The van der Waals surface area contributed by atoms with Crippen molar-refractivity contribution in [1.29, 1.82) is 0 Å². The van der Waals surface area contributed by atoms with E-state index in [2.05, 4.69) is 11.8 Å². The van der Waals surface area contributed by atoms with Gasteiger partial charge in [-0.05, 0) is 48.5 Å².